The Morgan fingerprint density at radius 2 is 1.90 bits per heavy atom. The fraction of sp³-hybridized carbons (Fsp3) is 0.393. The molecular weight excluding hydrogens is 590 g/mol. The van der Waals surface area contributed by atoms with Crippen molar-refractivity contribution in [3.8, 4) is 17.2 Å². The number of pyridine rings is 1. The molecule has 1 saturated heterocycles. The van der Waals surface area contributed by atoms with Gasteiger partial charge >= 0.3 is 6.09 Å². The van der Waals surface area contributed by atoms with Crippen molar-refractivity contribution in [3.63, 3.8) is 0 Å². The number of carbonyl (C=O) groups excluding carboxylic acids is 1. The Bertz CT molecular complexity index is 1870. The zero-order valence-electron chi connectivity index (χ0n) is 23.2. The van der Waals surface area contributed by atoms with E-state index in [1.165, 1.54) is 27.8 Å². The van der Waals surface area contributed by atoms with Crippen LogP contribution in [0, 0.1) is 23.0 Å². The zero-order chi connectivity index (χ0) is 30.6. The first-order valence-corrected chi connectivity index (χ1v) is 15.4. The molecule has 10 nitrogen and oxygen atoms in total. The van der Waals surface area contributed by atoms with Crippen LogP contribution in [0.25, 0.3) is 33.1 Å². The van der Waals surface area contributed by atoms with Crippen LogP contribution in [0.1, 0.15) is 46.1 Å². The summed E-state index contributed by atoms with van der Waals surface area (Å²) >= 11 is 6.57. The van der Waals surface area contributed by atoms with Crippen LogP contribution in [0.5, 0.6) is 0 Å². The Morgan fingerprint density at radius 1 is 1.21 bits per heavy atom. The molecule has 0 radical (unpaired) electrons. The van der Waals surface area contributed by atoms with Crippen molar-refractivity contribution in [3.05, 3.63) is 47.0 Å². The number of aromatic nitrogens is 4. The Kier molecular flexibility index (Phi) is 7.57. The smallest absolute Gasteiger partial charge is 0.410 e. The monoisotopic (exact) mass is 616 g/mol. The number of sulfone groups is 1. The Balaban J connectivity index is 1.67. The Morgan fingerprint density at radius 3 is 2.52 bits per heavy atom. The summed E-state index contributed by atoms with van der Waals surface area (Å²) in [7, 11) is -3.99. The molecule has 0 N–H and O–H groups in total. The van der Waals surface area contributed by atoms with Crippen LogP contribution in [-0.4, -0.2) is 63.8 Å². The Labute approximate surface area is 245 Å². The fourth-order valence-electron chi connectivity index (χ4n) is 5.25. The number of hydrogen-bond donors (Lipinski definition) is 0. The lowest BCUT2D eigenvalue weighted by molar-refractivity contribution is 0.00556. The highest BCUT2D eigenvalue weighted by atomic mass is 35.5. The largest absolute Gasteiger partial charge is 0.444 e. The van der Waals surface area contributed by atoms with Crippen molar-refractivity contribution in [2.45, 2.75) is 62.7 Å². The molecule has 0 saturated carbocycles. The summed E-state index contributed by atoms with van der Waals surface area (Å²) in [5, 5.41) is 17.6. The molecule has 2 atom stereocenters. The quantitative estimate of drug-likeness (QED) is 0.280. The molecule has 4 aromatic rings. The highest BCUT2D eigenvalue weighted by molar-refractivity contribution is 7.90. The van der Waals surface area contributed by atoms with E-state index in [2.05, 4.69) is 21.4 Å². The first kappa shape index (κ1) is 29.6. The number of fused-ring (bicyclic) bond motifs is 3. The SMILES string of the molecule is CC(C)(C)OC(=O)N1CC[C@H](n2nnc3c(S(C)(=O)=O)nc4c(F)c(-c5ccc(F)cc5)c(Cl)cc4c32)C[C@H]1CC#N. The zero-order valence-corrected chi connectivity index (χ0v) is 24.8. The number of amides is 1. The summed E-state index contributed by atoms with van der Waals surface area (Å²) in [6.07, 6.45) is 1.09. The molecule has 14 heteroatoms. The number of nitriles is 1. The van der Waals surface area contributed by atoms with Crippen LogP contribution in [0.3, 0.4) is 0 Å². The minimum Gasteiger partial charge on any atom is -0.444 e. The summed E-state index contributed by atoms with van der Waals surface area (Å²) in [4.78, 5) is 18.6. The van der Waals surface area contributed by atoms with E-state index in [-0.39, 0.29) is 57.5 Å². The third-order valence-corrected chi connectivity index (χ3v) is 8.32. The lowest BCUT2D eigenvalue weighted by Crippen LogP contribution is -2.48. The van der Waals surface area contributed by atoms with Gasteiger partial charge in [0.2, 0.25) is 0 Å². The van der Waals surface area contributed by atoms with Crippen LogP contribution >= 0.6 is 11.6 Å². The van der Waals surface area contributed by atoms with Crippen LogP contribution in [0.15, 0.2) is 35.4 Å². The van der Waals surface area contributed by atoms with Gasteiger partial charge in [-0.3, -0.25) is 0 Å². The summed E-state index contributed by atoms with van der Waals surface area (Å²) in [6, 6.07) is 7.67. The highest BCUT2D eigenvalue weighted by Gasteiger charge is 2.37. The summed E-state index contributed by atoms with van der Waals surface area (Å²) < 4.78 is 62.3. The molecule has 2 aromatic carbocycles. The lowest BCUT2D eigenvalue weighted by Gasteiger charge is -2.39. The summed E-state index contributed by atoms with van der Waals surface area (Å²) in [6.45, 7) is 5.49. The minimum atomic E-state index is -3.99. The molecule has 1 fully saturated rings. The van der Waals surface area contributed by atoms with E-state index >= 15 is 4.39 Å². The van der Waals surface area contributed by atoms with Crippen LogP contribution in [-0.2, 0) is 14.6 Å². The van der Waals surface area contributed by atoms with Gasteiger partial charge in [0.1, 0.15) is 22.5 Å². The van der Waals surface area contributed by atoms with Gasteiger partial charge in [0, 0.05) is 23.8 Å². The predicted molar refractivity (Wildman–Crippen MR) is 152 cm³/mol. The number of carbonyl (C=O) groups is 1. The average Bonchev–Trinajstić information content (AvgIpc) is 3.33. The van der Waals surface area contributed by atoms with Gasteiger partial charge in [-0.05, 0) is 57.4 Å². The highest BCUT2D eigenvalue weighted by Crippen LogP contribution is 2.40. The average molecular weight is 617 g/mol. The fourth-order valence-corrected chi connectivity index (χ4v) is 6.30. The second-order valence-corrected chi connectivity index (χ2v) is 13.6. The molecule has 0 aliphatic carbocycles. The van der Waals surface area contributed by atoms with Crippen molar-refractivity contribution in [2.24, 2.45) is 0 Å². The van der Waals surface area contributed by atoms with E-state index < -0.39 is 50.3 Å². The van der Waals surface area contributed by atoms with Gasteiger partial charge in [-0.2, -0.15) is 5.26 Å². The second-order valence-electron chi connectivity index (χ2n) is 11.2. The molecule has 5 rings (SSSR count). The van der Waals surface area contributed by atoms with E-state index in [1.807, 2.05) is 0 Å². The van der Waals surface area contributed by atoms with Crippen LogP contribution in [0.4, 0.5) is 13.6 Å². The number of nitrogens with zero attached hydrogens (tertiary/aromatic N) is 6. The molecule has 0 bridgehead atoms. The lowest BCUT2D eigenvalue weighted by atomic mass is 9.95. The minimum absolute atomic E-state index is 0.00309. The topological polar surface area (TPSA) is 131 Å². The van der Waals surface area contributed by atoms with Gasteiger partial charge < -0.3 is 9.64 Å². The number of piperidine rings is 1. The van der Waals surface area contributed by atoms with Gasteiger partial charge in [-0.1, -0.05) is 28.9 Å². The molecule has 3 heterocycles. The van der Waals surface area contributed by atoms with Crippen LogP contribution in [0.2, 0.25) is 5.02 Å². The van der Waals surface area contributed by atoms with Gasteiger partial charge in [0.15, 0.2) is 26.2 Å². The van der Waals surface area contributed by atoms with Crippen molar-refractivity contribution < 1.29 is 26.7 Å². The summed E-state index contributed by atoms with van der Waals surface area (Å²) in [5.41, 5.74) is -0.620. The maximum Gasteiger partial charge on any atom is 0.410 e. The number of benzene rings is 2. The number of likely N-dealkylation sites (tertiary alicyclic amines) is 1. The van der Waals surface area contributed by atoms with E-state index in [9.17, 15) is 22.9 Å². The third kappa shape index (κ3) is 5.48. The number of ether oxygens (including phenoxy) is 1. The standard InChI is InChI=1S/C28H27ClF2N6O4S/c1-28(2,3)41-27(38)36-12-10-18(13-17(36)9-11-32)37-25-19-14-20(29)21(15-5-7-16(30)8-6-15)22(31)23(19)33-26(42(4,39)40)24(25)34-35-37/h5-8,14,17-18H,9-10,12-13H2,1-4H3/t17-,18+/m1/s1. The van der Waals surface area contributed by atoms with E-state index in [0.29, 0.717) is 6.42 Å². The number of hydrogen-bond acceptors (Lipinski definition) is 8. The third-order valence-electron chi connectivity index (χ3n) is 7.03. The van der Waals surface area contributed by atoms with Gasteiger partial charge in [0.25, 0.3) is 0 Å². The molecule has 2 aromatic heterocycles. The van der Waals surface area contributed by atoms with Crippen molar-refractivity contribution >= 4 is 49.5 Å². The van der Waals surface area contributed by atoms with Crippen molar-refractivity contribution in [1.29, 1.82) is 5.26 Å². The van der Waals surface area contributed by atoms with Gasteiger partial charge in [-0.15, -0.1) is 5.10 Å². The normalized spacial score (nSPS) is 17.9. The molecule has 0 unspecified atom stereocenters. The van der Waals surface area contributed by atoms with Gasteiger partial charge in [-0.25, -0.2) is 31.7 Å². The van der Waals surface area contributed by atoms with Crippen molar-refractivity contribution in [1.82, 2.24) is 24.9 Å². The molecule has 0 spiro atoms. The van der Waals surface area contributed by atoms with E-state index in [4.69, 9.17) is 16.3 Å². The van der Waals surface area contributed by atoms with Crippen LogP contribution < -0.4 is 0 Å². The van der Waals surface area contributed by atoms with E-state index in [1.54, 1.807) is 20.8 Å². The predicted octanol–water partition coefficient (Wildman–Crippen LogP) is 5.84. The molecule has 220 valence electrons. The maximum atomic E-state index is 16.2. The number of rotatable bonds is 4. The molecule has 1 aliphatic rings. The van der Waals surface area contributed by atoms with E-state index in [0.717, 1.165) is 18.4 Å². The molecule has 1 aliphatic heterocycles. The number of halogens is 3. The molecular formula is C28H27ClF2N6O4S. The first-order chi connectivity index (χ1) is 19.7. The Hall–Kier alpha value is -3.89. The first-order valence-electron chi connectivity index (χ1n) is 13.1. The second kappa shape index (κ2) is 10.7. The van der Waals surface area contributed by atoms with Gasteiger partial charge in [0.05, 0.1) is 29.6 Å². The molecule has 1 amide bonds. The maximum absolute atomic E-state index is 16.2. The summed E-state index contributed by atoms with van der Waals surface area (Å²) in [5.74, 6) is -1.40. The van der Waals surface area contributed by atoms with Crippen molar-refractivity contribution in [2.75, 3.05) is 12.8 Å². The molecule has 42 heavy (non-hydrogen) atoms.